The highest BCUT2D eigenvalue weighted by molar-refractivity contribution is 5.90. The fraction of sp³-hybridized carbons (Fsp3) is 0.519. The van der Waals surface area contributed by atoms with Crippen LogP contribution < -0.4 is 14.7 Å². The van der Waals surface area contributed by atoms with Crippen molar-refractivity contribution in [2.24, 2.45) is 7.05 Å². The number of amides is 1. The number of ether oxygens (including phenoxy) is 1. The summed E-state index contributed by atoms with van der Waals surface area (Å²) >= 11 is 0. The molecular formula is C27H32F6N8O2. The fourth-order valence-corrected chi connectivity index (χ4v) is 4.97. The molecule has 1 amide bonds. The second-order valence-corrected chi connectivity index (χ2v) is 10.7. The van der Waals surface area contributed by atoms with E-state index in [1.165, 1.54) is 16.8 Å². The number of anilines is 3. The van der Waals surface area contributed by atoms with Crippen molar-refractivity contribution in [3.63, 3.8) is 0 Å². The van der Waals surface area contributed by atoms with Gasteiger partial charge in [-0.15, -0.1) is 5.10 Å². The van der Waals surface area contributed by atoms with Crippen molar-refractivity contribution < 1.29 is 35.9 Å². The van der Waals surface area contributed by atoms with Crippen molar-refractivity contribution in [1.29, 1.82) is 0 Å². The summed E-state index contributed by atoms with van der Waals surface area (Å²) in [5.74, 6) is 0.482. The molecule has 0 N–H and O–H groups in total. The Morgan fingerprint density at radius 1 is 1.07 bits per heavy atom. The first-order valence-electron chi connectivity index (χ1n) is 13.5. The number of tetrazole rings is 1. The molecule has 10 nitrogen and oxygen atoms in total. The minimum absolute atomic E-state index is 0.0328. The number of alkyl halides is 6. The first kappa shape index (κ1) is 31.8. The van der Waals surface area contributed by atoms with Crippen LogP contribution in [-0.4, -0.2) is 57.5 Å². The zero-order valence-electron chi connectivity index (χ0n) is 24.4. The Bertz CT molecular complexity index is 1420. The molecule has 3 heterocycles. The predicted octanol–water partition coefficient (Wildman–Crippen LogP) is 5.99. The number of hydrogen-bond donors (Lipinski definition) is 0. The van der Waals surface area contributed by atoms with Gasteiger partial charge in [0.1, 0.15) is 5.82 Å². The molecule has 0 fully saturated rings. The van der Waals surface area contributed by atoms with Crippen LogP contribution in [-0.2, 0) is 30.7 Å². The van der Waals surface area contributed by atoms with Crippen molar-refractivity contribution in [3.8, 4) is 0 Å². The minimum Gasteiger partial charge on any atom is -0.446 e. The van der Waals surface area contributed by atoms with Gasteiger partial charge in [0.2, 0.25) is 0 Å². The van der Waals surface area contributed by atoms with Crippen molar-refractivity contribution in [2.45, 2.75) is 70.7 Å². The lowest BCUT2D eigenvalue weighted by Gasteiger charge is -2.43. The lowest BCUT2D eigenvalue weighted by molar-refractivity contribution is -0.143. The van der Waals surface area contributed by atoms with Crippen LogP contribution in [0.5, 0.6) is 0 Å². The van der Waals surface area contributed by atoms with Crippen LogP contribution in [0.15, 0.2) is 30.3 Å². The van der Waals surface area contributed by atoms with E-state index in [9.17, 15) is 31.1 Å². The quantitative estimate of drug-likeness (QED) is 0.300. The van der Waals surface area contributed by atoms with Gasteiger partial charge in [-0.2, -0.15) is 31.1 Å². The Hall–Kier alpha value is -4.11. The number of hydrogen-bond acceptors (Lipinski definition) is 8. The Kier molecular flexibility index (Phi) is 8.79. The number of carbonyl (C=O) groups excluding carboxylic acids is 1. The van der Waals surface area contributed by atoms with Gasteiger partial charge in [-0.1, -0.05) is 12.0 Å². The Balaban J connectivity index is 1.91. The van der Waals surface area contributed by atoms with Crippen LogP contribution in [0.25, 0.3) is 0 Å². The van der Waals surface area contributed by atoms with Crippen LogP contribution >= 0.6 is 0 Å². The fourth-order valence-electron chi connectivity index (χ4n) is 4.97. The zero-order chi connectivity index (χ0) is 31.9. The highest BCUT2D eigenvalue weighted by Crippen LogP contribution is 2.44. The molecule has 0 unspecified atom stereocenters. The van der Waals surface area contributed by atoms with Crippen molar-refractivity contribution >= 4 is 23.5 Å². The van der Waals surface area contributed by atoms with E-state index in [0.29, 0.717) is 35.8 Å². The van der Waals surface area contributed by atoms with Gasteiger partial charge in [0.05, 0.1) is 41.7 Å². The molecule has 0 bridgehead atoms. The average molecular weight is 615 g/mol. The third kappa shape index (κ3) is 6.94. The van der Waals surface area contributed by atoms with Gasteiger partial charge in [0.25, 0.3) is 5.95 Å². The maximum atomic E-state index is 13.7. The first-order chi connectivity index (χ1) is 20.0. The second kappa shape index (κ2) is 11.9. The van der Waals surface area contributed by atoms with Crippen LogP contribution in [0.1, 0.15) is 62.0 Å². The number of fused-ring (bicyclic) bond motifs is 1. The van der Waals surface area contributed by atoms with Gasteiger partial charge in [0.15, 0.2) is 0 Å². The van der Waals surface area contributed by atoms with Gasteiger partial charge in [0, 0.05) is 26.7 Å². The lowest BCUT2D eigenvalue weighted by atomic mass is 9.92. The van der Waals surface area contributed by atoms with E-state index in [2.05, 4.69) is 15.4 Å². The summed E-state index contributed by atoms with van der Waals surface area (Å²) in [6, 6.07) is 3.61. The number of carbonyl (C=O) groups is 1. The van der Waals surface area contributed by atoms with E-state index in [0.717, 1.165) is 4.80 Å². The molecule has 0 saturated heterocycles. The van der Waals surface area contributed by atoms with E-state index in [1.54, 1.807) is 45.0 Å². The van der Waals surface area contributed by atoms with Crippen LogP contribution in [0, 0.1) is 0 Å². The van der Waals surface area contributed by atoms with Gasteiger partial charge < -0.3 is 14.5 Å². The Morgan fingerprint density at radius 2 is 1.70 bits per heavy atom. The van der Waals surface area contributed by atoms with Crippen molar-refractivity contribution in [2.75, 3.05) is 28.8 Å². The molecule has 4 rings (SSSR count). The summed E-state index contributed by atoms with van der Waals surface area (Å²) in [4.78, 5) is 23.9. The molecule has 1 aliphatic rings. The monoisotopic (exact) mass is 614 g/mol. The first-order valence-corrected chi connectivity index (χ1v) is 13.5. The third-order valence-electron chi connectivity index (χ3n) is 6.92. The number of halogens is 6. The normalized spacial score (nSPS) is 17.2. The predicted molar refractivity (Wildman–Crippen MR) is 146 cm³/mol. The smallest absolute Gasteiger partial charge is 0.416 e. The van der Waals surface area contributed by atoms with Gasteiger partial charge in [-0.25, -0.2) is 9.78 Å². The summed E-state index contributed by atoms with van der Waals surface area (Å²) in [7, 11) is 5.00. The third-order valence-corrected chi connectivity index (χ3v) is 6.92. The number of nitrogens with zero attached hydrogens (tertiary/aromatic N) is 8. The SMILES string of the molecule is CC[C@@H]1C[C@H](N(Cc2cc(C(F)(F)F)cc(C(F)(F)F)c2)c2nnn(C)n2)c2nc(N(C)C)ccc2N1C(=O)OC(C)C. The molecule has 0 aliphatic carbocycles. The number of benzene rings is 1. The van der Waals surface area contributed by atoms with Gasteiger partial charge in [-0.05, 0) is 67.8 Å². The molecule has 16 heteroatoms. The summed E-state index contributed by atoms with van der Waals surface area (Å²) < 4.78 is 87.7. The number of aryl methyl sites for hydroxylation is 1. The molecule has 1 aromatic carbocycles. The topological polar surface area (TPSA) is 92.5 Å². The lowest BCUT2D eigenvalue weighted by Crippen LogP contribution is -2.49. The number of rotatable bonds is 7. The molecule has 0 saturated carbocycles. The van der Waals surface area contributed by atoms with Crippen LogP contribution in [0.3, 0.4) is 0 Å². The average Bonchev–Trinajstić information content (AvgIpc) is 3.34. The maximum Gasteiger partial charge on any atom is 0.416 e. The maximum absolute atomic E-state index is 13.7. The van der Waals surface area contributed by atoms with Gasteiger partial charge in [-0.3, -0.25) is 4.90 Å². The molecule has 2 aromatic heterocycles. The van der Waals surface area contributed by atoms with Crippen LogP contribution in [0.2, 0.25) is 0 Å². The van der Waals surface area contributed by atoms with Crippen LogP contribution in [0.4, 0.5) is 48.6 Å². The van der Waals surface area contributed by atoms with Crippen molar-refractivity contribution in [1.82, 2.24) is 25.2 Å². The molecule has 3 aromatic rings. The molecule has 1 aliphatic heterocycles. The van der Waals surface area contributed by atoms with E-state index >= 15 is 0 Å². The van der Waals surface area contributed by atoms with Gasteiger partial charge >= 0.3 is 18.4 Å². The number of aromatic nitrogens is 5. The molecular weight excluding hydrogens is 582 g/mol. The largest absolute Gasteiger partial charge is 0.446 e. The van der Waals surface area contributed by atoms with Crippen molar-refractivity contribution in [3.05, 3.63) is 52.7 Å². The molecule has 234 valence electrons. The van der Waals surface area contributed by atoms with E-state index in [1.807, 2.05) is 6.92 Å². The summed E-state index contributed by atoms with van der Waals surface area (Å²) in [5.41, 5.74) is -2.39. The minimum atomic E-state index is -5.02. The Morgan fingerprint density at radius 3 is 2.19 bits per heavy atom. The summed E-state index contributed by atoms with van der Waals surface area (Å²) in [6.07, 6.45) is -10.4. The highest BCUT2D eigenvalue weighted by atomic mass is 19.4. The molecule has 2 atom stereocenters. The number of pyridine rings is 1. The molecule has 43 heavy (non-hydrogen) atoms. The molecule has 0 radical (unpaired) electrons. The molecule has 0 spiro atoms. The highest BCUT2D eigenvalue weighted by Gasteiger charge is 2.42. The van der Waals surface area contributed by atoms with E-state index in [-0.39, 0.29) is 24.0 Å². The standard InChI is InChI=1S/C27H32F6N8O2/c1-7-19-13-21(23-20(8-9-22(34-23)38(4)5)41(19)25(42)43-15(2)3)40(24-35-37-39(6)36-24)14-16-10-17(26(28,29)30)12-18(11-16)27(31,32)33/h8-12,15,19,21H,7,13-14H2,1-6H3/t19-,21+/m1/s1. The summed E-state index contributed by atoms with van der Waals surface area (Å²) in [6.45, 7) is 4.85. The van der Waals surface area contributed by atoms with E-state index in [4.69, 9.17) is 9.72 Å². The summed E-state index contributed by atoms with van der Waals surface area (Å²) in [5, 5.41) is 12.1. The second-order valence-electron chi connectivity index (χ2n) is 10.7. The Labute approximate surface area is 244 Å². The van der Waals surface area contributed by atoms with E-state index < -0.39 is 54.3 Å². The zero-order valence-corrected chi connectivity index (χ0v) is 24.4.